The number of benzene rings is 1. The van der Waals surface area contributed by atoms with E-state index in [1.54, 1.807) is 11.3 Å². The molecule has 0 radical (unpaired) electrons. The minimum absolute atomic E-state index is 0.852. The molecule has 0 aliphatic rings. The van der Waals surface area contributed by atoms with Gasteiger partial charge in [0.05, 0.1) is 5.02 Å². The van der Waals surface area contributed by atoms with Gasteiger partial charge in [-0.15, -0.1) is 11.3 Å². The molecule has 0 aliphatic carbocycles. The lowest BCUT2D eigenvalue weighted by molar-refractivity contribution is 1.59. The Balaban J connectivity index is 2.87. The highest BCUT2D eigenvalue weighted by Crippen LogP contribution is 2.31. The zero-order valence-corrected chi connectivity index (χ0v) is 10.1. The standard InChI is InChI=1S/C9H6ClIS/c1-5-4-12-9-3-7(10)8(11)2-6(5)9/h2-4H,1H3. The molecule has 0 nitrogen and oxygen atoms in total. The number of hydrogen-bond acceptors (Lipinski definition) is 1. The second kappa shape index (κ2) is 3.16. The van der Waals surface area contributed by atoms with Crippen LogP contribution in [0, 0.1) is 10.5 Å². The fourth-order valence-corrected chi connectivity index (χ4v) is 2.81. The van der Waals surface area contributed by atoms with Gasteiger partial charge < -0.3 is 0 Å². The fraction of sp³-hybridized carbons (Fsp3) is 0.111. The van der Waals surface area contributed by atoms with Crippen LogP contribution in [0.1, 0.15) is 5.56 Å². The Kier molecular flexibility index (Phi) is 2.31. The first-order chi connectivity index (χ1) is 5.68. The van der Waals surface area contributed by atoms with Crippen LogP contribution < -0.4 is 0 Å². The van der Waals surface area contributed by atoms with Crippen LogP contribution in [0.4, 0.5) is 0 Å². The molecule has 0 saturated heterocycles. The molecule has 1 aromatic heterocycles. The van der Waals surface area contributed by atoms with Crippen LogP contribution in [0.25, 0.3) is 10.1 Å². The zero-order valence-electron chi connectivity index (χ0n) is 6.40. The van der Waals surface area contributed by atoms with E-state index in [-0.39, 0.29) is 0 Å². The Bertz CT molecular complexity index is 433. The SMILES string of the molecule is Cc1csc2cc(Cl)c(I)cc12. The predicted octanol–water partition coefficient (Wildman–Crippen LogP) is 4.47. The summed E-state index contributed by atoms with van der Waals surface area (Å²) in [5.41, 5.74) is 1.34. The van der Waals surface area contributed by atoms with Crippen molar-refractivity contribution in [2.75, 3.05) is 0 Å². The molecular weight excluding hydrogens is 303 g/mol. The zero-order chi connectivity index (χ0) is 8.72. The van der Waals surface area contributed by atoms with Gasteiger partial charge in [-0.05, 0) is 58.0 Å². The van der Waals surface area contributed by atoms with Crippen LogP contribution >= 0.6 is 45.5 Å². The van der Waals surface area contributed by atoms with E-state index in [4.69, 9.17) is 11.6 Å². The molecule has 12 heavy (non-hydrogen) atoms. The molecule has 0 unspecified atom stereocenters. The first kappa shape index (κ1) is 8.78. The highest BCUT2D eigenvalue weighted by atomic mass is 127. The third kappa shape index (κ3) is 1.36. The molecule has 0 bridgehead atoms. The smallest absolute Gasteiger partial charge is 0.0553 e. The van der Waals surface area contributed by atoms with Gasteiger partial charge in [0.2, 0.25) is 0 Å². The highest BCUT2D eigenvalue weighted by molar-refractivity contribution is 14.1. The summed E-state index contributed by atoms with van der Waals surface area (Å²) in [4.78, 5) is 0. The third-order valence-corrected chi connectivity index (χ3v) is 4.40. The minimum Gasteiger partial charge on any atom is -0.143 e. The largest absolute Gasteiger partial charge is 0.143 e. The van der Waals surface area contributed by atoms with Gasteiger partial charge in [-0.2, -0.15) is 0 Å². The number of halogens is 2. The molecule has 2 rings (SSSR count). The van der Waals surface area contributed by atoms with Crippen molar-refractivity contribution in [3.05, 3.63) is 31.7 Å². The van der Waals surface area contributed by atoms with Crippen molar-refractivity contribution in [2.45, 2.75) is 6.92 Å². The van der Waals surface area contributed by atoms with Crippen molar-refractivity contribution in [1.82, 2.24) is 0 Å². The molecule has 0 fully saturated rings. The number of thiophene rings is 1. The van der Waals surface area contributed by atoms with E-state index in [0.29, 0.717) is 0 Å². The molecule has 1 aromatic carbocycles. The Morgan fingerprint density at radius 2 is 2.17 bits per heavy atom. The maximum atomic E-state index is 6.00. The van der Waals surface area contributed by atoms with E-state index in [1.807, 2.05) is 6.07 Å². The third-order valence-electron chi connectivity index (χ3n) is 1.81. The quantitative estimate of drug-likeness (QED) is 0.630. The lowest BCUT2D eigenvalue weighted by atomic mass is 10.2. The molecule has 62 valence electrons. The van der Waals surface area contributed by atoms with Crippen molar-refractivity contribution in [2.24, 2.45) is 0 Å². The normalized spacial score (nSPS) is 10.9. The van der Waals surface area contributed by atoms with Crippen molar-refractivity contribution < 1.29 is 0 Å². The van der Waals surface area contributed by atoms with Crippen molar-refractivity contribution in [3.8, 4) is 0 Å². The molecule has 0 amide bonds. The van der Waals surface area contributed by atoms with Crippen LogP contribution in [0.2, 0.25) is 5.02 Å². The lowest BCUT2D eigenvalue weighted by Crippen LogP contribution is -1.74. The van der Waals surface area contributed by atoms with Crippen molar-refractivity contribution in [3.63, 3.8) is 0 Å². The number of aryl methyl sites for hydroxylation is 1. The van der Waals surface area contributed by atoms with Gasteiger partial charge in [0.1, 0.15) is 0 Å². The second-order valence-electron chi connectivity index (χ2n) is 2.68. The van der Waals surface area contributed by atoms with Gasteiger partial charge in [-0.25, -0.2) is 0 Å². The molecule has 2 aromatic rings. The van der Waals surface area contributed by atoms with E-state index in [2.05, 4.69) is 41.0 Å². The predicted molar refractivity (Wildman–Crippen MR) is 64.3 cm³/mol. The van der Waals surface area contributed by atoms with E-state index < -0.39 is 0 Å². The Morgan fingerprint density at radius 1 is 1.42 bits per heavy atom. The van der Waals surface area contributed by atoms with Crippen LogP contribution in [-0.4, -0.2) is 0 Å². The van der Waals surface area contributed by atoms with E-state index in [1.165, 1.54) is 15.6 Å². The Labute approximate surface area is 93.7 Å². The van der Waals surface area contributed by atoms with Gasteiger partial charge in [0.25, 0.3) is 0 Å². The molecule has 0 atom stereocenters. The summed E-state index contributed by atoms with van der Waals surface area (Å²) >= 11 is 10.0. The van der Waals surface area contributed by atoms with Gasteiger partial charge in [0.15, 0.2) is 0 Å². The average Bonchev–Trinajstić information content (AvgIpc) is 2.35. The van der Waals surface area contributed by atoms with Gasteiger partial charge in [0, 0.05) is 8.27 Å². The molecule has 0 spiro atoms. The highest BCUT2D eigenvalue weighted by Gasteiger charge is 2.03. The van der Waals surface area contributed by atoms with E-state index in [0.717, 1.165) is 8.59 Å². The van der Waals surface area contributed by atoms with E-state index in [9.17, 15) is 0 Å². The van der Waals surface area contributed by atoms with Gasteiger partial charge in [-0.3, -0.25) is 0 Å². The lowest BCUT2D eigenvalue weighted by Gasteiger charge is -1.96. The summed E-state index contributed by atoms with van der Waals surface area (Å²) in [6.07, 6.45) is 0. The average molecular weight is 309 g/mol. The van der Waals surface area contributed by atoms with Crippen molar-refractivity contribution in [1.29, 1.82) is 0 Å². The maximum Gasteiger partial charge on any atom is 0.0553 e. The molecular formula is C9H6ClIS. The van der Waals surface area contributed by atoms with Crippen LogP contribution in [-0.2, 0) is 0 Å². The summed E-state index contributed by atoms with van der Waals surface area (Å²) < 4.78 is 2.40. The molecule has 3 heteroatoms. The summed E-state index contributed by atoms with van der Waals surface area (Å²) in [7, 11) is 0. The van der Waals surface area contributed by atoms with Crippen LogP contribution in [0.15, 0.2) is 17.5 Å². The topological polar surface area (TPSA) is 0 Å². The number of fused-ring (bicyclic) bond motifs is 1. The monoisotopic (exact) mass is 308 g/mol. The number of rotatable bonds is 0. The van der Waals surface area contributed by atoms with Crippen molar-refractivity contribution >= 4 is 55.6 Å². The second-order valence-corrected chi connectivity index (χ2v) is 5.16. The van der Waals surface area contributed by atoms with E-state index >= 15 is 0 Å². The molecule has 0 N–H and O–H groups in total. The summed E-state index contributed by atoms with van der Waals surface area (Å²) in [5.74, 6) is 0. The van der Waals surface area contributed by atoms with Gasteiger partial charge >= 0.3 is 0 Å². The first-order valence-corrected chi connectivity index (χ1v) is 5.85. The fourth-order valence-electron chi connectivity index (χ4n) is 1.15. The molecule has 0 aliphatic heterocycles. The Hall–Kier alpha value is 0.200. The van der Waals surface area contributed by atoms with Crippen LogP contribution in [0.5, 0.6) is 0 Å². The number of hydrogen-bond donors (Lipinski definition) is 0. The molecule has 0 saturated carbocycles. The van der Waals surface area contributed by atoms with Gasteiger partial charge in [-0.1, -0.05) is 11.6 Å². The minimum atomic E-state index is 0.852. The summed E-state index contributed by atoms with van der Waals surface area (Å²) in [5, 5.41) is 4.34. The summed E-state index contributed by atoms with van der Waals surface area (Å²) in [6.45, 7) is 2.13. The Morgan fingerprint density at radius 3 is 2.92 bits per heavy atom. The van der Waals surface area contributed by atoms with Crippen LogP contribution in [0.3, 0.4) is 0 Å². The molecule has 1 heterocycles. The maximum absolute atomic E-state index is 6.00. The summed E-state index contributed by atoms with van der Waals surface area (Å²) in [6, 6.07) is 4.18. The first-order valence-electron chi connectivity index (χ1n) is 3.51.